The van der Waals surface area contributed by atoms with Crippen molar-refractivity contribution in [3.8, 4) is 5.75 Å². The second kappa shape index (κ2) is 6.96. The number of methoxy groups -OCH3 is 1. The van der Waals surface area contributed by atoms with Crippen LogP contribution in [0, 0.1) is 5.82 Å². The summed E-state index contributed by atoms with van der Waals surface area (Å²) in [6.45, 7) is 1.71. The molecule has 0 saturated carbocycles. The van der Waals surface area contributed by atoms with E-state index in [2.05, 4.69) is 22.3 Å². The van der Waals surface area contributed by atoms with Gasteiger partial charge in [0.2, 0.25) is 0 Å². The first kappa shape index (κ1) is 15.7. The number of para-hydroxylation sites is 1. The molecule has 0 aromatic heterocycles. The molecule has 1 saturated heterocycles. The van der Waals surface area contributed by atoms with Crippen LogP contribution in [-0.2, 0) is 0 Å². The van der Waals surface area contributed by atoms with Crippen LogP contribution in [0.5, 0.6) is 5.75 Å². The van der Waals surface area contributed by atoms with E-state index in [0.717, 1.165) is 25.3 Å². The van der Waals surface area contributed by atoms with E-state index in [9.17, 15) is 4.39 Å². The second-order valence-corrected chi connectivity index (χ2v) is 6.00. The van der Waals surface area contributed by atoms with E-state index in [1.54, 1.807) is 25.3 Å². The molecule has 5 heteroatoms. The SMILES string of the molecule is COc1ccc(C2CCN(C(=S)Nc3ccccc3F)C2)cc1. The molecule has 2 aromatic carbocycles. The summed E-state index contributed by atoms with van der Waals surface area (Å²) in [4.78, 5) is 2.09. The average Bonchev–Trinajstić information content (AvgIpc) is 3.07. The Kier molecular flexibility index (Phi) is 4.76. The van der Waals surface area contributed by atoms with Crippen LogP contribution in [0.3, 0.4) is 0 Å². The fraction of sp³-hybridized carbons (Fsp3) is 0.278. The highest BCUT2D eigenvalue weighted by atomic mass is 32.1. The third-order valence-corrected chi connectivity index (χ3v) is 4.54. The summed E-state index contributed by atoms with van der Waals surface area (Å²) in [6.07, 6.45) is 1.03. The van der Waals surface area contributed by atoms with Crippen LogP contribution in [0.2, 0.25) is 0 Å². The molecule has 1 aliphatic rings. The molecule has 0 spiro atoms. The molecule has 0 amide bonds. The molecule has 3 rings (SSSR count). The molecule has 120 valence electrons. The van der Waals surface area contributed by atoms with Gasteiger partial charge in [-0.3, -0.25) is 0 Å². The number of benzene rings is 2. The highest BCUT2D eigenvalue weighted by molar-refractivity contribution is 7.80. The lowest BCUT2D eigenvalue weighted by Crippen LogP contribution is -2.32. The molecule has 23 heavy (non-hydrogen) atoms. The summed E-state index contributed by atoms with van der Waals surface area (Å²) >= 11 is 5.43. The lowest BCUT2D eigenvalue weighted by atomic mass is 9.98. The molecule has 0 bridgehead atoms. The summed E-state index contributed by atoms with van der Waals surface area (Å²) in [7, 11) is 1.67. The summed E-state index contributed by atoms with van der Waals surface area (Å²) in [5.41, 5.74) is 1.70. The summed E-state index contributed by atoms with van der Waals surface area (Å²) in [6, 6.07) is 14.7. The Morgan fingerprint density at radius 1 is 1.22 bits per heavy atom. The Bertz CT molecular complexity index is 690. The van der Waals surface area contributed by atoms with Crippen molar-refractivity contribution in [1.29, 1.82) is 0 Å². The molecule has 1 aliphatic heterocycles. The third-order valence-electron chi connectivity index (χ3n) is 4.18. The van der Waals surface area contributed by atoms with Crippen molar-refractivity contribution in [2.24, 2.45) is 0 Å². The molecule has 2 aromatic rings. The zero-order valence-corrected chi connectivity index (χ0v) is 13.8. The smallest absolute Gasteiger partial charge is 0.173 e. The van der Waals surface area contributed by atoms with Crippen molar-refractivity contribution >= 4 is 23.0 Å². The van der Waals surface area contributed by atoms with Crippen molar-refractivity contribution in [3.63, 3.8) is 0 Å². The Labute approximate surface area is 141 Å². The maximum atomic E-state index is 13.7. The molecule has 0 radical (unpaired) electrons. The van der Waals surface area contributed by atoms with Crippen molar-refractivity contribution in [3.05, 3.63) is 59.9 Å². The number of likely N-dealkylation sites (tertiary alicyclic amines) is 1. The van der Waals surface area contributed by atoms with Crippen LogP contribution in [0.1, 0.15) is 17.9 Å². The highest BCUT2D eigenvalue weighted by Gasteiger charge is 2.25. The normalized spacial score (nSPS) is 17.1. The van der Waals surface area contributed by atoms with E-state index in [1.165, 1.54) is 11.6 Å². The van der Waals surface area contributed by atoms with Crippen molar-refractivity contribution in [1.82, 2.24) is 4.90 Å². The van der Waals surface area contributed by atoms with Crippen molar-refractivity contribution in [2.75, 3.05) is 25.5 Å². The third kappa shape index (κ3) is 3.62. The van der Waals surface area contributed by atoms with E-state index in [1.807, 2.05) is 12.1 Å². The number of halogens is 1. The summed E-state index contributed by atoms with van der Waals surface area (Å²) < 4.78 is 18.9. The second-order valence-electron chi connectivity index (χ2n) is 5.61. The standard InChI is InChI=1S/C18H19FN2OS/c1-22-15-8-6-13(7-9-15)14-10-11-21(12-14)18(23)20-17-5-3-2-4-16(17)19/h2-9,14H,10-12H2,1H3,(H,20,23). The van der Waals surface area contributed by atoms with Gasteiger partial charge in [0.15, 0.2) is 5.11 Å². The van der Waals surface area contributed by atoms with Gasteiger partial charge in [-0.2, -0.15) is 0 Å². The number of ether oxygens (including phenoxy) is 1. The van der Waals surface area contributed by atoms with Gasteiger partial charge in [-0.25, -0.2) is 4.39 Å². The van der Waals surface area contributed by atoms with Crippen LogP contribution >= 0.6 is 12.2 Å². The minimum Gasteiger partial charge on any atom is -0.497 e. The Morgan fingerprint density at radius 3 is 2.65 bits per heavy atom. The molecule has 1 unspecified atom stereocenters. The van der Waals surface area contributed by atoms with Gasteiger partial charge in [-0.1, -0.05) is 24.3 Å². The van der Waals surface area contributed by atoms with Crippen LogP contribution in [0.4, 0.5) is 10.1 Å². The van der Waals surface area contributed by atoms with Gasteiger partial charge in [0.1, 0.15) is 11.6 Å². The number of hydrogen-bond donors (Lipinski definition) is 1. The predicted octanol–water partition coefficient (Wildman–Crippen LogP) is 4.02. The van der Waals surface area contributed by atoms with E-state index < -0.39 is 0 Å². The number of rotatable bonds is 3. The number of hydrogen-bond acceptors (Lipinski definition) is 2. The van der Waals surface area contributed by atoms with E-state index >= 15 is 0 Å². The van der Waals surface area contributed by atoms with Gasteiger partial charge in [-0.05, 0) is 48.5 Å². The largest absolute Gasteiger partial charge is 0.497 e. The summed E-state index contributed by atoms with van der Waals surface area (Å²) in [5, 5.41) is 3.58. The first-order valence-electron chi connectivity index (χ1n) is 7.62. The molecule has 1 N–H and O–H groups in total. The van der Waals surface area contributed by atoms with Gasteiger partial charge >= 0.3 is 0 Å². The molecular weight excluding hydrogens is 311 g/mol. The number of thiocarbonyl (C=S) groups is 1. The van der Waals surface area contributed by atoms with Gasteiger partial charge in [0.25, 0.3) is 0 Å². The first-order valence-corrected chi connectivity index (χ1v) is 8.02. The monoisotopic (exact) mass is 330 g/mol. The van der Waals surface area contributed by atoms with Gasteiger partial charge in [0, 0.05) is 19.0 Å². The minimum atomic E-state index is -0.291. The highest BCUT2D eigenvalue weighted by Crippen LogP contribution is 2.29. The molecule has 1 atom stereocenters. The van der Waals surface area contributed by atoms with Gasteiger partial charge in [-0.15, -0.1) is 0 Å². The molecular formula is C18H19FN2OS. The summed E-state index contributed by atoms with van der Waals surface area (Å²) in [5.74, 6) is 1.00. The Morgan fingerprint density at radius 2 is 1.96 bits per heavy atom. The Hall–Kier alpha value is -2.14. The number of nitrogens with zero attached hydrogens (tertiary/aromatic N) is 1. The lowest BCUT2D eigenvalue weighted by molar-refractivity contribution is 0.414. The van der Waals surface area contributed by atoms with Crippen LogP contribution in [0.15, 0.2) is 48.5 Å². The fourth-order valence-corrected chi connectivity index (χ4v) is 3.13. The van der Waals surface area contributed by atoms with Crippen LogP contribution in [0.25, 0.3) is 0 Å². The van der Waals surface area contributed by atoms with E-state index in [4.69, 9.17) is 17.0 Å². The van der Waals surface area contributed by atoms with E-state index in [-0.39, 0.29) is 5.82 Å². The molecule has 3 nitrogen and oxygen atoms in total. The van der Waals surface area contributed by atoms with Crippen molar-refractivity contribution in [2.45, 2.75) is 12.3 Å². The van der Waals surface area contributed by atoms with Gasteiger partial charge < -0.3 is 15.0 Å². The molecule has 1 fully saturated rings. The minimum absolute atomic E-state index is 0.291. The lowest BCUT2D eigenvalue weighted by Gasteiger charge is -2.21. The quantitative estimate of drug-likeness (QED) is 0.859. The van der Waals surface area contributed by atoms with Gasteiger partial charge in [0.05, 0.1) is 12.8 Å². The maximum Gasteiger partial charge on any atom is 0.173 e. The topological polar surface area (TPSA) is 24.5 Å². The van der Waals surface area contributed by atoms with E-state index in [0.29, 0.717) is 16.7 Å². The number of anilines is 1. The predicted molar refractivity (Wildman–Crippen MR) is 94.5 cm³/mol. The zero-order valence-electron chi connectivity index (χ0n) is 13.0. The van der Waals surface area contributed by atoms with Crippen LogP contribution < -0.4 is 10.1 Å². The maximum absolute atomic E-state index is 13.7. The van der Waals surface area contributed by atoms with Crippen LogP contribution in [-0.4, -0.2) is 30.2 Å². The Balaban J connectivity index is 1.62. The zero-order chi connectivity index (χ0) is 16.2. The number of nitrogens with one attached hydrogen (secondary N) is 1. The first-order chi connectivity index (χ1) is 11.2. The fourth-order valence-electron chi connectivity index (χ4n) is 2.85. The average molecular weight is 330 g/mol. The molecule has 1 heterocycles. The van der Waals surface area contributed by atoms with Crippen molar-refractivity contribution < 1.29 is 9.13 Å². The molecule has 0 aliphatic carbocycles.